The number of amides is 1. The molecule has 1 aliphatic heterocycles. The summed E-state index contributed by atoms with van der Waals surface area (Å²) in [5, 5.41) is 6.88. The molecule has 4 fully saturated rings. The summed E-state index contributed by atoms with van der Waals surface area (Å²) in [5.41, 5.74) is 2.85. The second-order valence-corrected chi connectivity index (χ2v) is 16.2. The van der Waals surface area contributed by atoms with Crippen LogP contribution in [0.3, 0.4) is 0 Å². The van der Waals surface area contributed by atoms with Crippen molar-refractivity contribution in [1.82, 2.24) is 15.5 Å². The topological polar surface area (TPSA) is 44.4 Å². The van der Waals surface area contributed by atoms with Crippen molar-refractivity contribution >= 4 is 5.91 Å². The summed E-state index contributed by atoms with van der Waals surface area (Å²) in [6.45, 7) is 18.3. The third-order valence-corrected chi connectivity index (χ3v) is 13.4. The molecule has 4 nitrogen and oxygen atoms in total. The van der Waals surface area contributed by atoms with Crippen LogP contribution in [-0.4, -0.2) is 50.1 Å². The Morgan fingerprint density at radius 2 is 1.68 bits per heavy atom. The lowest BCUT2D eigenvalue weighted by Crippen LogP contribution is -2.50. The molecule has 0 radical (unpaired) electrons. The highest BCUT2D eigenvalue weighted by Crippen LogP contribution is 2.67. The van der Waals surface area contributed by atoms with E-state index in [-0.39, 0.29) is 0 Å². The Hall–Kier alpha value is -0.870. The minimum Gasteiger partial charge on any atom is -0.340 e. The predicted octanol–water partition coefficient (Wildman–Crippen LogP) is 7.84. The fraction of sp³-hybridized carbons (Fsp3) is 0.919. The van der Waals surface area contributed by atoms with Gasteiger partial charge in [-0.25, -0.2) is 0 Å². The molecule has 1 unspecified atom stereocenters. The first-order valence-electron chi connectivity index (χ1n) is 18.1. The highest BCUT2D eigenvalue weighted by molar-refractivity contribution is 5.76. The standard InChI is InChI=1S/C37H65N3O/c1-27(2)8-6-9-28(3)32-14-15-33-31-13-12-30-26-29(16-18-36(30,4)34(31)17-19-37(32,33)5)10-7-11-35(41)40-24-22-38-20-21-39-23-25-40/h12,27-29,31-34,38-39H,6-11,13-26H2,1-5H3/t28?,29-,31-,32+,33-,34-,36-,37+/m0/s1. The molecule has 4 aliphatic carbocycles. The van der Waals surface area contributed by atoms with Crippen LogP contribution in [0, 0.1) is 52.3 Å². The summed E-state index contributed by atoms with van der Waals surface area (Å²) in [7, 11) is 0. The monoisotopic (exact) mass is 568 g/mol. The molecule has 3 saturated carbocycles. The lowest BCUT2D eigenvalue weighted by atomic mass is 9.46. The Kier molecular flexibility index (Phi) is 10.6. The molecule has 4 heteroatoms. The van der Waals surface area contributed by atoms with Crippen molar-refractivity contribution in [3.8, 4) is 0 Å². The van der Waals surface area contributed by atoms with Gasteiger partial charge in [-0.2, -0.15) is 0 Å². The molecular weight excluding hydrogens is 502 g/mol. The van der Waals surface area contributed by atoms with Crippen LogP contribution in [0.1, 0.15) is 125 Å². The zero-order valence-electron chi connectivity index (χ0n) is 27.6. The third-order valence-electron chi connectivity index (χ3n) is 13.4. The van der Waals surface area contributed by atoms with E-state index in [1.165, 1.54) is 77.0 Å². The van der Waals surface area contributed by atoms with Crippen LogP contribution in [0.25, 0.3) is 0 Å². The Morgan fingerprint density at radius 3 is 2.41 bits per heavy atom. The lowest BCUT2D eigenvalue weighted by Gasteiger charge is -2.58. The number of rotatable bonds is 9. The Labute approximate surface area is 253 Å². The van der Waals surface area contributed by atoms with Gasteiger partial charge >= 0.3 is 0 Å². The highest BCUT2D eigenvalue weighted by atomic mass is 16.2. The van der Waals surface area contributed by atoms with Gasteiger partial charge in [-0.1, -0.05) is 65.5 Å². The molecule has 5 rings (SSSR count). The van der Waals surface area contributed by atoms with E-state index in [1.807, 2.05) is 5.57 Å². The summed E-state index contributed by atoms with van der Waals surface area (Å²) in [4.78, 5) is 15.1. The van der Waals surface area contributed by atoms with E-state index in [0.717, 1.165) is 93.5 Å². The van der Waals surface area contributed by atoms with Gasteiger partial charge in [0, 0.05) is 45.7 Å². The molecule has 1 saturated heterocycles. The Morgan fingerprint density at radius 1 is 0.927 bits per heavy atom. The van der Waals surface area contributed by atoms with Gasteiger partial charge in [0.15, 0.2) is 0 Å². The van der Waals surface area contributed by atoms with Crippen LogP contribution in [0.15, 0.2) is 11.6 Å². The van der Waals surface area contributed by atoms with Gasteiger partial charge in [-0.15, -0.1) is 0 Å². The second kappa shape index (κ2) is 13.8. The van der Waals surface area contributed by atoms with Crippen LogP contribution in [0.4, 0.5) is 0 Å². The summed E-state index contributed by atoms with van der Waals surface area (Å²) < 4.78 is 0. The van der Waals surface area contributed by atoms with E-state index < -0.39 is 0 Å². The summed E-state index contributed by atoms with van der Waals surface area (Å²) in [5.74, 6) is 6.64. The Bertz CT molecular complexity index is 889. The van der Waals surface area contributed by atoms with E-state index in [1.54, 1.807) is 0 Å². The smallest absolute Gasteiger partial charge is 0.222 e. The maximum absolute atomic E-state index is 13.0. The molecule has 1 amide bonds. The normalized spacial score (nSPS) is 38.6. The molecule has 234 valence electrons. The second-order valence-electron chi connectivity index (χ2n) is 16.2. The number of nitrogens with zero attached hydrogens (tertiary/aromatic N) is 1. The first-order chi connectivity index (χ1) is 19.7. The van der Waals surface area contributed by atoms with Crippen molar-refractivity contribution in [3.05, 3.63) is 11.6 Å². The average molecular weight is 568 g/mol. The first kappa shape index (κ1) is 31.6. The maximum Gasteiger partial charge on any atom is 0.222 e. The molecule has 8 atom stereocenters. The van der Waals surface area contributed by atoms with Gasteiger partial charge in [0.2, 0.25) is 5.91 Å². The van der Waals surface area contributed by atoms with E-state index in [0.29, 0.717) is 16.7 Å². The Balaban J connectivity index is 1.14. The summed E-state index contributed by atoms with van der Waals surface area (Å²) in [6, 6.07) is 0. The van der Waals surface area contributed by atoms with Crippen LogP contribution in [0.2, 0.25) is 0 Å². The van der Waals surface area contributed by atoms with Gasteiger partial charge in [-0.05, 0) is 116 Å². The van der Waals surface area contributed by atoms with Crippen molar-refractivity contribution in [2.75, 3.05) is 39.3 Å². The molecule has 41 heavy (non-hydrogen) atoms. The van der Waals surface area contributed by atoms with Crippen LogP contribution in [-0.2, 0) is 4.79 Å². The van der Waals surface area contributed by atoms with Gasteiger partial charge in [0.1, 0.15) is 0 Å². The van der Waals surface area contributed by atoms with Gasteiger partial charge in [0.05, 0.1) is 0 Å². The number of carbonyl (C=O) groups is 1. The molecule has 0 bridgehead atoms. The van der Waals surface area contributed by atoms with Crippen molar-refractivity contribution in [2.45, 2.75) is 125 Å². The maximum atomic E-state index is 13.0. The van der Waals surface area contributed by atoms with Gasteiger partial charge in [0.25, 0.3) is 0 Å². The van der Waals surface area contributed by atoms with Crippen molar-refractivity contribution < 1.29 is 4.79 Å². The van der Waals surface area contributed by atoms with Crippen molar-refractivity contribution in [2.24, 2.45) is 52.3 Å². The SMILES string of the molecule is CC(C)CCCC(C)[C@H]1CC[C@H]2[C@@H]3CC=C4C[C@@H](CCCC(=O)N5CCNCCNCC5)CC[C@]4(C)[C@H]3CC[C@]12C. The largest absolute Gasteiger partial charge is 0.340 e. The van der Waals surface area contributed by atoms with Crippen LogP contribution < -0.4 is 10.6 Å². The quantitative estimate of drug-likeness (QED) is 0.279. The van der Waals surface area contributed by atoms with Crippen molar-refractivity contribution in [3.63, 3.8) is 0 Å². The lowest BCUT2D eigenvalue weighted by molar-refractivity contribution is -0.131. The summed E-state index contributed by atoms with van der Waals surface area (Å²) >= 11 is 0. The van der Waals surface area contributed by atoms with Gasteiger partial charge < -0.3 is 15.5 Å². The zero-order chi connectivity index (χ0) is 29.0. The van der Waals surface area contributed by atoms with E-state index in [2.05, 4.69) is 56.2 Å². The van der Waals surface area contributed by atoms with Gasteiger partial charge in [-0.3, -0.25) is 4.79 Å². The first-order valence-corrected chi connectivity index (χ1v) is 18.1. The van der Waals surface area contributed by atoms with E-state index >= 15 is 0 Å². The molecule has 0 aromatic carbocycles. The minimum atomic E-state index is 0.366. The van der Waals surface area contributed by atoms with E-state index in [9.17, 15) is 4.79 Å². The number of hydrogen-bond donors (Lipinski definition) is 2. The number of nitrogens with one attached hydrogen (secondary N) is 2. The van der Waals surface area contributed by atoms with Crippen molar-refractivity contribution in [1.29, 1.82) is 0 Å². The third kappa shape index (κ3) is 6.95. The number of carbonyl (C=O) groups excluding carboxylic acids is 1. The fourth-order valence-corrected chi connectivity index (χ4v) is 10.9. The minimum absolute atomic E-state index is 0.366. The molecule has 0 aromatic rings. The summed E-state index contributed by atoms with van der Waals surface area (Å²) in [6.07, 6.45) is 21.4. The van der Waals surface area contributed by atoms with E-state index in [4.69, 9.17) is 0 Å². The molecular formula is C37H65N3O. The molecule has 0 spiro atoms. The van der Waals surface area contributed by atoms with Crippen LogP contribution in [0.5, 0.6) is 0 Å². The molecule has 0 aromatic heterocycles. The fourth-order valence-electron chi connectivity index (χ4n) is 10.9. The number of fused-ring (bicyclic) bond motifs is 5. The average Bonchev–Trinajstić information content (AvgIpc) is 3.36. The highest BCUT2D eigenvalue weighted by Gasteiger charge is 2.59. The van der Waals surface area contributed by atoms with Crippen LogP contribution >= 0.6 is 0 Å². The number of allylic oxidation sites excluding steroid dienone is 2. The zero-order valence-corrected chi connectivity index (χ0v) is 27.6. The predicted molar refractivity (Wildman–Crippen MR) is 173 cm³/mol. The number of hydrogen-bond acceptors (Lipinski definition) is 3. The molecule has 1 heterocycles. The molecule has 2 N–H and O–H groups in total. The molecule has 5 aliphatic rings.